The number of amides is 1. The zero-order valence-corrected chi connectivity index (χ0v) is 19.6. The molecule has 0 aromatic heterocycles. The molecular formula is C26H23N3O5S. The molecule has 0 spiro atoms. The van der Waals surface area contributed by atoms with E-state index >= 15 is 0 Å². The lowest BCUT2D eigenvalue weighted by Crippen LogP contribution is -2.51. The van der Waals surface area contributed by atoms with E-state index in [1.54, 1.807) is 65.6 Å². The fourth-order valence-corrected chi connectivity index (χ4v) is 5.36. The highest BCUT2D eigenvalue weighted by molar-refractivity contribution is 7.89. The number of piperazine rings is 1. The average Bonchev–Trinajstić information content (AvgIpc) is 2.92. The molecule has 178 valence electrons. The molecule has 0 bridgehead atoms. The molecule has 0 radical (unpaired) electrons. The van der Waals surface area contributed by atoms with E-state index in [0.717, 1.165) is 0 Å². The summed E-state index contributed by atoms with van der Waals surface area (Å²) in [6.07, 6.45) is 0. The lowest BCUT2D eigenvalue weighted by molar-refractivity contribution is -0.134. The Labute approximate surface area is 204 Å². The molecule has 0 unspecified atom stereocenters. The molecular weight excluding hydrogens is 466 g/mol. The maximum absolute atomic E-state index is 12.9. The Kier molecular flexibility index (Phi) is 7.25. The highest BCUT2D eigenvalue weighted by Gasteiger charge is 2.31. The molecule has 0 aliphatic carbocycles. The van der Waals surface area contributed by atoms with E-state index in [0.29, 0.717) is 16.9 Å². The van der Waals surface area contributed by atoms with Gasteiger partial charge in [-0.2, -0.15) is 9.57 Å². The molecule has 1 aliphatic heterocycles. The van der Waals surface area contributed by atoms with E-state index in [9.17, 15) is 23.3 Å². The third-order valence-corrected chi connectivity index (χ3v) is 7.69. The van der Waals surface area contributed by atoms with Crippen LogP contribution in [-0.2, 0) is 14.8 Å². The first-order chi connectivity index (χ1) is 16.9. The molecule has 0 atom stereocenters. The maximum atomic E-state index is 12.9. The highest BCUT2D eigenvalue weighted by Crippen LogP contribution is 2.21. The van der Waals surface area contributed by atoms with Crippen LogP contribution in [0, 0.1) is 11.3 Å². The van der Waals surface area contributed by atoms with E-state index in [-0.39, 0.29) is 54.9 Å². The van der Waals surface area contributed by atoms with E-state index in [1.165, 1.54) is 16.4 Å². The number of hydrogen-bond donors (Lipinski definition) is 0. The van der Waals surface area contributed by atoms with E-state index in [2.05, 4.69) is 0 Å². The van der Waals surface area contributed by atoms with Gasteiger partial charge < -0.3 is 9.64 Å². The molecule has 3 aromatic rings. The van der Waals surface area contributed by atoms with Crippen LogP contribution in [0.1, 0.15) is 21.5 Å². The predicted molar refractivity (Wildman–Crippen MR) is 128 cm³/mol. The van der Waals surface area contributed by atoms with Crippen LogP contribution in [0.25, 0.3) is 0 Å². The summed E-state index contributed by atoms with van der Waals surface area (Å²) in [5, 5.41) is 9.23. The van der Waals surface area contributed by atoms with Crippen LogP contribution in [0.4, 0.5) is 0 Å². The van der Waals surface area contributed by atoms with Crippen molar-refractivity contribution in [2.75, 3.05) is 32.8 Å². The van der Waals surface area contributed by atoms with Crippen LogP contribution in [0.15, 0.2) is 83.8 Å². The van der Waals surface area contributed by atoms with Crippen molar-refractivity contribution in [2.45, 2.75) is 4.90 Å². The number of carbonyl (C=O) groups excluding carboxylic acids is 2. The second kappa shape index (κ2) is 10.5. The van der Waals surface area contributed by atoms with Gasteiger partial charge in [-0.3, -0.25) is 9.59 Å². The van der Waals surface area contributed by atoms with Gasteiger partial charge in [0.2, 0.25) is 10.0 Å². The number of hydrogen-bond acceptors (Lipinski definition) is 6. The first kappa shape index (κ1) is 24.1. The van der Waals surface area contributed by atoms with Gasteiger partial charge in [0.15, 0.2) is 12.4 Å². The van der Waals surface area contributed by atoms with E-state index < -0.39 is 10.0 Å². The Bertz CT molecular complexity index is 1360. The fraction of sp³-hybridized carbons (Fsp3) is 0.192. The minimum Gasteiger partial charge on any atom is -0.484 e. The van der Waals surface area contributed by atoms with Crippen LogP contribution >= 0.6 is 0 Å². The standard InChI is InChI=1S/C26H23N3O5S/c27-18-22-8-4-5-9-24(22)35(32,33)29-16-14-28(15-17-29)25(30)19-34-23-12-10-21(11-13-23)26(31)20-6-2-1-3-7-20/h1-13H,14-17,19H2. The number of sulfonamides is 1. The summed E-state index contributed by atoms with van der Waals surface area (Å²) < 4.78 is 32.8. The molecule has 0 N–H and O–H groups in total. The Balaban J connectivity index is 1.30. The van der Waals surface area contributed by atoms with Crippen molar-refractivity contribution >= 4 is 21.7 Å². The van der Waals surface area contributed by atoms with Crippen LogP contribution in [0.2, 0.25) is 0 Å². The second-order valence-electron chi connectivity index (χ2n) is 7.90. The monoisotopic (exact) mass is 489 g/mol. The van der Waals surface area contributed by atoms with Gasteiger partial charge in [-0.1, -0.05) is 42.5 Å². The lowest BCUT2D eigenvalue weighted by atomic mass is 10.0. The molecule has 3 aromatic carbocycles. The van der Waals surface area contributed by atoms with Gasteiger partial charge in [0.1, 0.15) is 11.8 Å². The molecule has 1 saturated heterocycles. The van der Waals surface area contributed by atoms with Gasteiger partial charge in [0, 0.05) is 37.3 Å². The van der Waals surface area contributed by atoms with Crippen molar-refractivity contribution in [3.8, 4) is 11.8 Å². The van der Waals surface area contributed by atoms with Crippen LogP contribution in [-0.4, -0.2) is 62.1 Å². The summed E-state index contributed by atoms with van der Waals surface area (Å²) in [5.41, 5.74) is 1.20. The lowest BCUT2D eigenvalue weighted by Gasteiger charge is -2.34. The molecule has 1 heterocycles. The third kappa shape index (κ3) is 5.40. The van der Waals surface area contributed by atoms with Crippen molar-refractivity contribution in [3.05, 3.63) is 95.6 Å². The topological polar surface area (TPSA) is 108 Å². The van der Waals surface area contributed by atoms with E-state index in [4.69, 9.17) is 4.74 Å². The number of ketones is 1. The van der Waals surface area contributed by atoms with Crippen molar-refractivity contribution < 1.29 is 22.7 Å². The van der Waals surface area contributed by atoms with Crippen molar-refractivity contribution in [1.82, 2.24) is 9.21 Å². The maximum Gasteiger partial charge on any atom is 0.260 e. The third-order valence-electron chi connectivity index (χ3n) is 5.73. The first-order valence-corrected chi connectivity index (χ1v) is 12.4. The fourth-order valence-electron chi connectivity index (χ4n) is 3.80. The Morgan fingerprint density at radius 2 is 1.43 bits per heavy atom. The molecule has 9 heteroatoms. The van der Waals surface area contributed by atoms with E-state index in [1.807, 2.05) is 12.1 Å². The Morgan fingerprint density at radius 3 is 2.09 bits per heavy atom. The summed E-state index contributed by atoms with van der Waals surface area (Å²) in [7, 11) is -3.83. The molecule has 1 aliphatic rings. The smallest absolute Gasteiger partial charge is 0.260 e. The first-order valence-electron chi connectivity index (χ1n) is 11.0. The molecule has 0 saturated carbocycles. The van der Waals surface area contributed by atoms with Gasteiger partial charge in [0.25, 0.3) is 5.91 Å². The number of rotatable bonds is 7. The summed E-state index contributed by atoms with van der Waals surface area (Å²) in [6, 6.07) is 23.5. The number of benzene rings is 3. The molecule has 1 amide bonds. The van der Waals surface area contributed by atoms with Crippen LogP contribution in [0.3, 0.4) is 0 Å². The largest absolute Gasteiger partial charge is 0.484 e. The summed E-state index contributed by atoms with van der Waals surface area (Å²) >= 11 is 0. The van der Waals surface area contributed by atoms with Gasteiger partial charge in [0.05, 0.1) is 10.5 Å². The SMILES string of the molecule is N#Cc1ccccc1S(=O)(=O)N1CCN(C(=O)COc2ccc(C(=O)c3ccccc3)cc2)CC1. The minimum atomic E-state index is -3.83. The number of ether oxygens (including phenoxy) is 1. The normalized spacial score (nSPS) is 14.2. The van der Waals surface area contributed by atoms with Gasteiger partial charge in [-0.15, -0.1) is 0 Å². The number of carbonyl (C=O) groups is 2. The van der Waals surface area contributed by atoms with Crippen molar-refractivity contribution in [1.29, 1.82) is 5.26 Å². The van der Waals surface area contributed by atoms with Crippen molar-refractivity contribution in [2.24, 2.45) is 0 Å². The summed E-state index contributed by atoms with van der Waals surface area (Å²) in [5.74, 6) is 0.0969. The average molecular weight is 490 g/mol. The molecule has 35 heavy (non-hydrogen) atoms. The van der Waals surface area contributed by atoms with Crippen LogP contribution < -0.4 is 4.74 Å². The summed E-state index contributed by atoms with van der Waals surface area (Å²) in [4.78, 5) is 26.6. The van der Waals surface area contributed by atoms with Gasteiger partial charge in [-0.05, 0) is 36.4 Å². The molecule has 1 fully saturated rings. The molecule has 8 nitrogen and oxygen atoms in total. The number of nitriles is 1. The zero-order valence-electron chi connectivity index (χ0n) is 18.8. The van der Waals surface area contributed by atoms with Gasteiger partial charge in [-0.25, -0.2) is 8.42 Å². The Morgan fingerprint density at radius 1 is 0.829 bits per heavy atom. The zero-order chi connectivity index (χ0) is 24.8. The molecule has 4 rings (SSSR count). The van der Waals surface area contributed by atoms with Crippen LogP contribution in [0.5, 0.6) is 5.75 Å². The van der Waals surface area contributed by atoms with Gasteiger partial charge >= 0.3 is 0 Å². The second-order valence-corrected chi connectivity index (χ2v) is 9.81. The Hall–Kier alpha value is -4.00. The summed E-state index contributed by atoms with van der Waals surface area (Å²) in [6.45, 7) is 0.506. The number of nitrogens with zero attached hydrogens (tertiary/aromatic N) is 3. The minimum absolute atomic E-state index is 0.0280. The highest BCUT2D eigenvalue weighted by atomic mass is 32.2. The quantitative estimate of drug-likeness (QED) is 0.472. The van der Waals surface area contributed by atoms with Crippen molar-refractivity contribution in [3.63, 3.8) is 0 Å². The predicted octanol–water partition coefficient (Wildman–Crippen LogP) is 2.70.